The van der Waals surface area contributed by atoms with Gasteiger partial charge >= 0.3 is 0 Å². The van der Waals surface area contributed by atoms with Crippen molar-refractivity contribution in [3.05, 3.63) is 35.9 Å². The first-order valence-electron chi connectivity index (χ1n) is 9.80. The Hall–Kier alpha value is -1.59. The van der Waals surface area contributed by atoms with E-state index in [2.05, 4.69) is 22.5 Å². The standard InChI is InChI=1S/C21H35N3O2/c1-4-22-19(23-16-20(2,25)18-10-6-5-7-11-18)24-17-21(14-15-26-3)12-8-9-13-21/h5-7,10-11,25H,4,8-9,12-17H2,1-3H3,(H2,22,23,24). The number of hydrogen-bond donors (Lipinski definition) is 3. The second-order valence-electron chi connectivity index (χ2n) is 7.64. The van der Waals surface area contributed by atoms with Gasteiger partial charge in [-0.3, -0.25) is 0 Å². The summed E-state index contributed by atoms with van der Waals surface area (Å²) in [4.78, 5) is 4.65. The second kappa shape index (κ2) is 9.93. The molecule has 1 aliphatic rings. The quantitative estimate of drug-likeness (QED) is 0.467. The Kier molecular flexibility index (Phi) is 7.91. The molecule has 0 saturated heterocycles. The van der Waals surface area contributed by atoms with Gasteiger partial charge in [0.25, 0.3) is 0 Å². The van der Waals surface area contributed by atoms with Crippen LogP contribution in [0.5, 0.6) is 0 Å². The number of hydrogen-bond acceptors (Lipinski definition) is 3. The van der Waals surface area contributed by atoms with Crippen molar-refractivity contribution in [2.45, 2.75) is 51.6 Å². The Bertz CT molecular complexity index is 552. The van der Waals surface area contributed by atoms with Crippen molar-refractivity contribution in [1.82, 2.24) is 10.6 Å². The minimum absolute atomic E-state index is 0.300. The summed E-state index contributed by atoms with van der Waals surface area (Å²) in [5.41, 5.74) is 0.200. The first-order chi connectivity index (χ1) is 12.5. The summed E-state index contributed by atoms with van der Waals surface area (Å²) >= 11 is 0. The summed E-state index contributed by atoms with van der Waals surface area (Å²) < 4.78 is 5.32. The molecule has 1 aromatic carbocycles. The molecule has 1 fully saturated rings. The Morgan fingerprint density at radius 2 is 1.92 bits per heavy atom. The van der Waals surface area contributed by atoms with E-state index >= 15 is 0 Å². The third kappa shape index (κ3) is 5.99. The fraction of sp³-hybridized carbons (Fsp3) is 0.667. The number of rotatable bonds is 9. The number of guanidine groups is 1. The van der Waals surface area contributed by atoms with Gasteiger partial charge in [-0.1, -0.05) is 43.2 Å². The van der Waals surface area contributed by atoms with Gasteiger partial charge in [0.05, 0.1) is 6.54 Å². The average Bonchev–Trinajstić information content (AvgIpc) is 3.12. The summed E-state index contributed by atoms with van der Waals surface area (Å²) in [7, 11) is 1.77. The molecule has 146 valence electrons. The fourth-order valence-corrected chi connectivity index (χ4v) is 3.69. The summed E-state index contributed by atoms with van der Waals surface area (Å²) in [5.74, 6) is 0.771. The average molecular weight is 362 g/mol. The smallest absolute Gasteiger partial charge is 0.191 e. The van der Waals surface area contributed by atoms with Gasteiger partial charge in [-0.05, 0) is 44.1 Å². The maximum absolute atomic E-state index is 10.8. The molecule has 0 aliphatic heterocycles. The van der Waals surface area contributed by atoms with Gasteiger partial charge in [0, 0.05) is 26.8 Å². The molecule has 1 atom stereocenters. The van der Waals surface area contributed by atoms with Crippen LogP contribution in [-0.4, -0.2) is 44.4 Å². The molecule has 5 heteroatoms. The zero-order valence-corrected chi connectivity index (χ0v) is 16.6. The van der Waals surface area contributed by atoms with Gasteiger partial charge in [0.2, 0.25) is 0 Å². The summed E-state index contributed by atoms with van der Waals surface area (Å²) in [6.07, 6.45) is 6.15. The lowest BCUT2D eigenvalue weighted by molar-refractivity contribution is 0.0672. The highest BCUT2D eigenvalue weighted by Gasteiger charge is 2.33. The lowest BCUT2D eigenvalue weighted by atomic mass is 9.83. The number of aliphatic hydroxyl groups is 1. The topological polar surface area (TPSA) is 65.9 Å². The molecule has 0 aromatic heterocycles. The summed E-state index contributed by atoms with van der Waals surface area (Å²) in [6.45, 7) is 6.69. The highest BCUT2D eigenvalue weighted by atomic mass is 16.5. The minimum atomic E-state index is -0.981. The monoisotopic (exact) mass is 361 g/mol. The third-order valence-corrected chi connectivity index (χ3v) is 5.42. The lowest BCUT2D eigenvalue weighted by Crippen LogP contribution is -2.44. The lowest BCUT2D eigenvalue weighted by Gasteiger charge is -2.30. The SMILES string of the molecule is CCNC(=NCC(C)(O)c1ccccc1)NCC1(CCOC)CCCC1. The molecule has 3 N–H and O–H groups in total. The van der Waals surface area contributed by atoms with Gasteiger partial charge in [-0.25, -0.2) is 4.99 Å². The first-order valence-corrected chi connectivity index (χ1v) is 9.80. The van der Waals surface area contributed by atoms with Crippen molar-refractivity contribution in [3.63, 3.8) is 0 Å². The number of nitrogens with one attached hydrogen (secondary N) is 2. The largest absolute Gasteiger partial charge is 0.385 e. The van der Waals surface area contributed by atoms with Crippen molar-refractivity contribution >= 4 is 5.96 Å². The molecule has 1 aromatic rings. The van der Waals surface area contributed by atoms with Gasteiger partial charge in [-0.2, -0.15) is 0 Å². The normalized spacial score (nSPS) is 19.2. The molecule has 1 unspecified atom stereocenters. The van der Waals surface area contributed by atoms with Gasteiger partial charge in [0.15, 0.2) is 5.96 Å². The highest BCUT2D eigenvalue weighted by Crippen LogP contribution is 2.40. The predicted octanol–water partition coefficient (Wildman–Crippen LogP) is 3.05. The molecule has 0 amide bonds. The van der Waals surface area contributed by atoms with Crippen molar-refractivity contribution < 1.29 is 9.84 Å². The number of ether oxygens (including phenoxy) is 1. The Morgan fingerprint density at radius 1 is 1.23 bits per heavy atom. The molecule has 0 heterocycles. The van der Waals surface area contributed by atoms with E-state index in [-0.39, 0.29) is 0 Å². The van der Waals surface area contributed by atoms with E-state index in [1.54, 1.807) is 7.11 Å². The molecule has 0 spiro atoms. The van der Waals surface area contributed by atoms with E-state index in [1.807, 2.05) is 37.3 Å². The van der Waals surface area contributed by atoms with Crippen LogP contribution < -0.4 is 10.6 Å². The zero-order chi connectivity index (χ0) is 18.9. The molecule has 1 aliphatic carbocycles. The van der Waals surface area contributed by atoms with E-state index in [4.69, 9.17) is 4.74 Å². The van der Waals surface area contributed by atoms with Crippen LogP contribution in [0.2, 0.25) is 0 Å². The molecule has 2 rings (SSSR count). The Morgan fingerprint density at radius 3 is 2.54 bits per heavy atom. The van der Waals surface area contributed by atoms with Crippen LogP contribution in [0.3, 0.4) is 0 Å². The van der Waals surface area contributed by atoms with Crippen molar-refractivity contribution in [2.24, 2.45) is 10.4 Å². The molecule has 0 bridgehead atoms. The summed E-state index contributed by atoms with van der Waals surface area (Å²) in [5, 5.41) is 17.6. The summed E-state index contributed by atoms with van der Waals surface area (Å²) in [6, 6.07) is 9.71. The van der Waals surface area contributed by atoms with Crippen LogP contribution in [0.25, 0.3) is 0 Å². The number of benzene rings is 1. The third-order valence-electron chi connectivity index (χ3n) is 5.42. The zero-order valence-electron chi connectivity index (χ0n) is 16.6. The van der Waals surface area contributed by atoms with E-state index in [0.29, 0.717) is 12.0 Å². The van der Waals surface area contributed by atoms with Crippen LogP contribution in [-0.2, 0) is 10.3 Å². The van der Waals surface area contributed by atoms with Crippen LogP contribution in [0.15, 0.2) is 35.3 Å². The van der Waals surface area contributed by atoms with Crippen LogP contribution in [0.1, 0.15) is 51.5 Å². The van der Waals surface area contributed by atoms with Gasteiger partial charge in [-0.15, -0.1) is 0 Å². The number of aliphatic imine (C=N–C) groups is 1. The second-order valence-corrected chi connectivity index (χ2v) is 7.64. The van der Waals surface area contributed by atoms with Crippen LogP contribution >= 0.6 is 0 Å². The molecular weight excluding hydrogens is 326 g/mol. The predicted molar refractivity (Wildman–Crippen MR) is 107 cm³/mol. The molecule has 26 heavy (non-hydrogen) atoms. The fourth-order valence-electron chi connectivity index (χ4n) is 3.69. The first kappa shape index (κ1) is 20.7. The van der Waals surface area contributed by atoms with E-state index < -0.39 is 5.60 Å². The van der Waals surface area contributed by atoms with E-state index in [0.717, 1.165) is 37.6 Å². The molecule has 1 saturated carbocycles. The van der Waals surface area contributed by atoms with E-state index in [1.165, 1.54) is 25.7 Å². The molecule has 0 radical (unpaired) electrons. The van der Waals surface area contributed by atoms with Crippen LogP contribution in [0.4, 0.5) is 0 Å². The Labute approximate surface area is 158 Å². The number of nitrogens with zero attached hydrogens (tertiary/aromatic N) is 1. The van der Waals surface area contributed by atoms with Crippen LogP contribution in [0, 0.1) is 5.41 Å². The minimum Gasteiger partial charge on any atom is -0.385 e. The van der Waals surface area contributed by atoms with E-state index in [9.17, 15) is 5.11 Å². The van der Waals surface area contributed by atoms with Crippen molar-refractivity contribution in [3.8, 4) is 0 Å². The Balaban J connectivity index is 1.99. The highest BCUT2D eigenvalue weighted by molar-refractivity contribution is 5.79. The van der Waals surface area contributed by atoms with Gasteiger partial charge < -0.3 is 20.5 Å². The molecular formula is C21H35N3O2. The maximum atomic E-state index is 10.8. The molecule has 5 nitrogen and oxygen atoms in total. The van der Waals surface area contributed by atoms with Crippen molar-refractivity contribution in [1.29, 1.82) is 0 Å². The van der Waals surface area contributed by atoms with Crippen molar-refractivity contribution in [2.75, 3.05) is 33.4 Å². The maximum Gasteiger partial charge on any atom is 0.191 e. The number of methoxy groups -OCH3 is 1. The van der Waals surface area contributed by atoms with Gasteiger partial charge in [0.1, 0.15) is 5.60 Å².